The molecule has 6 heteroatoms. The number of carbonyl (C=O) groups is 3. The number of piperidine rings is 1. The molecule has 1 aromatic rings. The average molecular weight is 332 g/mol. The van der Waals surface area contributed by atoms with Crippen molar-refractivity contribution < 1.29 is 19.1 Å². The van der Waals surface area contributed by atoms with E-state index in [-0.39, 0.29) is 17.7 Å². The van der Waals surface area contributed by atoms with E-state index in [1.54, 1.807) is 24.0 Å². The van der Waals surface area contributed by atoms with Gasteiger partial charge in [-0.2, -0.15) is 0 Å². The Morgan fingerprint density at radius 1 is 1.25 bits per heavy atom. The largest absolute Gasteiger partial charge is 0.452 e. The van der Waals surface area contributed by atoms with E-state index in [2.05, 4.69) is 5.32 Å². The van der Waals surface area contributed by atoms with Gasteiger partial charge in [0.1, 0.15) is 0 Å². The Bertz CT molecular complexity index is 612. The molecule has 1 aliphatic heterocycles. The number of ether oxygens (including phenoxy) is 1. The minimum absolute atomic E-state index is 0.0438. The quantitative estimate of drug-likeness (QED) is 0.857. The first-order valence-corrected chi connectivity index (χ1v) is 8.20. The van der Waals surface area contributed by atoms with Crippen molar-refractivity contribution in [3.05, 3.63) is 29.8 Å². The van der Waals surface area contributed by atoms with E-state index in [1.165, 1.54) is 6.92 Å². The highest BCUT2D eigenvalue weighted by Gasteiger charge is 2.30. The van der Waals surface area contributed by atoms with Gasteiger partial charge in [0, 0.05) is 25.7 Å². The number of rotatable bonds is 4. The molecule has 0 spiro atoms. The molecule has 1 fully saturated rings. The normalized spacial score (nSPS) is 18.6. The van der Waals surface area contributed by atoms with Crippen LogP contribution in [0.5, 0.6) is 0 Å². The fourth-order valence-electron chi connectivity index (χ4n) is 2.66. The summed E-state index contributed by atoms with van der Waals surface area (Å²) in [5.74, 6) is -1.20. The summed E-state index contributed by atoms with van der Waals surface area (Å²) >= 11 is 0. The number of hydrogen-bond acceptors (Lipinski definition) is 4. The van der Waals surface area contributed by atoms with Crippen molar-refractivity contribution in [3.8, 4) is 0 Å². The zero-order valence-electron chi connectivity index (χ0n) is 14.4. The first-order valence-electron chi connectivity index (χ1n) is 8.20. The number of benzene rings is 1. The van der Waals surface area contributed by atoms with E-state index in [1.807, 2.05) is 19.1 Å². The lowest BCUT2D eigenvalue weighted by molar-refractivity contribution is -0.159. The van der Waals surface area contributed by atoms with Crippen LogP contribution in [0.15, 0.2) is 24.3 Å². The third-order valence-corrected chi connectivity index (χ3v) is 4.18. The van der Waals surface area contributed by atoms with Crippen LogP contribution < -0.4 is 5.32 Å². The van der Waals surface area contributed by atoms with Crippen LogP contribution in [0.3, 0.4) is 0 Å². The summed E-state index contributed by atoms with van der Waals surface area (Å²) < 4.78 is 5.29. The zero-order chi connectivity index (χ0) is 17.7. The first kappa shape index (κ1) is 18.0. The van der Waals surface area contributed by atoms with E-state index in [4.69, 9.17) is 4.74 Å². The van der Waals surface area contributed by atoms with Crippen LogP contribution in [0, 0.1) is 12.8 Å². The van der Waals surface area contributed by atoms with Gasteiger partial charge in [-0.15, -0.1) is 0 Å². The van der Waals surface area contributed by atoms with Crippen LogP contribution in [-0.2, 0) is 19.1 Å². The number of amides is 2. The second-order valence-corrected chi connectivity index (χ2v) is 6.24. The van der Waals surface area contributed by atoms with Gasteiger partial charge in [0.05, 0.1) is 5.92 Å². The number of esters is 1. The monoisotopic (exact) mass is 332 g/mol. The molecule has 2 amide bonds. The van der Waals surface area contributed by atoms with Crippen molar-refractivity contribution >= 4 is 23.5 Å². The molecule has 0 radical (unpaired) electrons. The molecule has 1 aliphatic rings. The van der Waals surface area contributed by atoms with Gasteiger partial charge in [0.25, 0.3) is 5.91 Å². The Labute approximate surface area is 142 Å². The topological polar surface area (TPSA) is 75.7 Å². The van der Waals surface area contributed by atoms with Crippen LogP contribution in [0.25, 0.3) is 0 Å². The number of carbonyl (C=O) groups excluding carboxylic acids is 3. The maximum atomic E-state index is 12.2. The van der Waals surface area contributed by atoms with Gasteiger partial charge in [-0.1, -0.05) is 17.7 Å². The maximum absolute atomic E-state index is 12.2. The van der Waals surface area contributed by atoms with Crippen LogP contribution in [0.2, 0.25) is 0 Å². The van der Waals surface area contributed by atoms with E-state index < -0.39 is 12.1 Å². The summed E-state index contributed by atoms with van der Waals surface area (Å²) in [6.07, 6.45) is 0.560. The number of nitrogens with one attached hydrogen (secondary N) is 1. The minimum atomic E-state index is -0.883. The molecule has 130 valence electrons. The molecule has 1 aromatic carbocycles. The summed E-state index contributed by atoms with van der Waals surface area (Å²) in [6, 6.07) is 7.39. The SMILES string of the molecule is CC(=O)N1CCC[C@@H](C(=O)O[C@H](C)C(=O)Nc2ccc(C)cc2)C1. The van der Waals surface area contributed by atoms with Gasteiger partial charge in [0.2, 0.25) is 5.91 Å². The molecule has 0 saturated carbocycles. The molecule has 1 heterocycles. The highest BCUT2D eigenvalue weighted by atomic mass is 16.5. The molecular formula is C18H24N2O4. The molecule has 1 N–H and O–H groups in total. The lowest BCUT2D eigenvalue weighted by atomic mass is 9.98. The Hall–Kier alpha value is -2.37. The number of nitrogens with zero attached hydrogens (tertiary/aromatic N) is 1. The van der Waals surface area contributed by atoms with Gasteiger partial charge in [-0.3, -0.25) is 14.4 Å². The van der Waals surface area contributed by atoms with Gasteiger partial charge in [-0.05, 0) is 38.8 Å². The standard InChI is InChI=1S/C18H24N2O4/c1-12-6-8-16(9-7-12)19-17(22)13(2)24-18(23)15-5-4-10-20(11-15)14(3)21/h6-9,13,15H,4-5,10-11H2,1-3H3,(H,19,22)/t13-,15-/m1/s1. The number of likely N-dealkylation sites (tertiary alicyclic amines) is 1. The Morgan fingerprint density at radius 3 is 2.54 bits per heavy atom. The summed E-state index contributed by atoms with van der Waals surface area (Å²) in [5, 5.41) is 2.72. The molecule has 2 atom stereocenters. The predicted octanol–water partition coefficient (Wildman–Crippen LogP) is 2.12. The van der Waals surface area contributed by atoms with E-state index in [0.717, 1.165) is 12.0 Å². The Kier molecular flexibility index (Phi) is 5.95. The third kappa shape index (κ3) is 4.81. The van der Waals surface area contributed by atoms with Crippen molar-refractivity contribution in [2.24, 2.45) is 5.92 Å². The lowest BCUT2D eigenvalue weighted by Gasteiger charge is -2.31. The summed E-state index contributed by atoms with van der Waals surface area (Å²) in [5.41, 5.74) is 1.76. The summed E-state index contributed by atoms with van der Waals surface area (Å²) in [4.78, 5) is 37.5. The number of aryl methyl sites for hydroxylation is 1. The predicted molar refractivity (Wildman–Crippen MR) is 90.3 cm³/mol. The molecule has 0 aliphatic carbocycles. The van der Waals surface area contributed by atoms with Crippen molar-refractivity contribution in [2.45, 2.75) is 39.7 Å². The van der Waals surface area contributed by atoms with E-state index in [0.29, 0.717) is 25.2 Å². The lowest BCUT2D eigenvalue weighted by Crippen LogP contribution is -2.43. The van der Waals surface area contributed by atoms with Gasteiger partial charge >= 0.3 is 5.97 Å². The fraction of sp³-hybridized carbons (Fsp3) is 0.500. The van der Waals surface area contributed by atoms with E-state index >= 15 is 0 Å². The van der Waals surface area contributed by atoms with Crippen LogP contribution in [0.1, 0.15) is 32.3 Å². The molecule has 2 rings (SSSR count). The highest BCUT2D eigenvalue weighted by Crippen LogP contribution is 2.19. The molecule has 0 bridgehead atoms. The Morgan fingerprint density at radius 2 is 1.92 bits per heavy atom. The highest BCUT2D eigenvalue weighted by molar-refractivity contribution is 5.95. The van der Waals surface area contributed by atoms with Gasteiger partial charge in [-0.25, -0.2) is 0 Å². The number of hydrogen-bond donors (Lipinski definition) is 1. The number of anilines is 1. The third-order valence-electron chi connectivity index (χ3n) is 4.18. The van der Waals surface area contributed by atoms with Gasteiger partial charge < -0.3 is 15.0 Å². The fourth-order valence-corrected chi connectivity index (χ4v) is 2.66. The second kappa shape index (κ2) is 7.95. The summed E-state index contributed by atoms with van der Waals surface area (Å²) in [7, 11) is 0. The molecule has 24 heavy (non-hydrogen) atoms. The second-order valence-electron chi connectivity index (χ2n) is 6.24. The molecular weight excluding hydrogens is 308 g/mol. The molecule has 1 saturated heterocycles. The molecule has 0 aromatic heterocycles. The van der Waals surface area contributed by atoms with Crippen LogP contribution in [0.4, 0.5) is 5.69 Å². The average Bonchev–Trinajstić information content (AvgIpc) is 2.56. The van der Waals surface area contributed by atoms with E-state index in [9.17, 15) is 14.4 Å². The smallest absolute Gasteiger partial charge is 0.311 e. The summed E-state index contributed by atoms with van der Waals surface area (Å²) in [6.45, 7) is 6.03. The first-order chi connectivity index (χ1) is 11.4. The maximum Gasteiger partial charge on any atom is 0.311 e. The zero-order valence-corrected chi connectivity index (χ0v) is 14.4. The van der Waals surface area contributed by atoms with Crippen LogP contribution >= 0.6 is 0 Å². The van der Waals surface area contributed by atoms with Crippen LogP contribution in [-0.4, -0.2) is 41.9 Å². The van der Waals surface area contributed by atoms with Crippen molar-refractivity contribution in [1.29, 1.82) is 0 Å². The van der Waals surface area contributed by atoms with Gasteiger partial charge in [0.15, 0.2) is 6.10 Å². The molecule has 6 nitrogen and oxygen atoms in total. The molecule has 0 unspecified atom stereocenters. The minimum Gasteiger partial charge on any atom is -0.452 e. The van der Waals surface area contributed by atoms with Crippen molar-refractivity contribution in [1.82, 2.24) is 4.90 Å². The van der Waals surface area contributed by atoms with Crippen molar-refractivity contribution in [3.63, 3.8) is 0 Å². The van der Waals surface area contributed by atoms with Crippen molar-refractivity contribution in [2.75, 3.05) is 18.4 Å². The Balaban J connectivity index is 1.87.